The Morgan fingerprint density at radius 3 is 2.89 bits per heavy atom. The van der Waals surface area contributed by atoms with Crippen LogP contribution in [0.25, 0.3) is 10.9 Å². The molecule has 1 saturated heterocycles. The number of hydrogen-bond donors (Lipinski definition) is 1. The van der Waals surface area contributed by atoms with Crippen LogP contribution in [-0.2, 0) is 4.74 Å². The summed E-state index contributed by atoms with van der Waals surface area (Å²) in [4.78, 5) is 4.41. The molecule has 0 aliphatic carbocycles. The SMILES string of the molecule is Cc1ccc2c(NN3CCOCC3)ccnc2c1. The topological polar surface area (TPSA) is 37.4 Å². The zero-order valence-corrected chi connectivity index (χ0v) is 10.5. The first-order valence-electron chi connectivity index (χ1n) is 6.28. The zero-order chi connectivity index (χ0) is 12.4. The number of nitrogens with zero attached hydrogens (tertiary/aromatic N) is 2. The van der Waals surface area contributed by atoms with E-state index in [0.29, 0.717) is 0 Å². The highest BCUT2D eigenvalue weighted by molar-refractivity contribution is 5.91. The van der Waals surface area contributed by atoms with Crippen molar-refractivity contribution in [2.24, 2.45) is 0 Å². The third-order valence-corrected chi connectivity index (χ3v) is 3.19. The number of aryl methyl sites for hydroxylation is 1. The highest BCUT2D eigenvalue weighted by Crippen LogP contribution is 2.22. The van der Waals surface area contributed by atoms with Crippen molar-refractivity contribution in [2.75, 3.05) is 31.7 Å². The molecule has 1 aliphatic heterocycles. The maximum atomic E-state index is 5.35. The van der Waals surface area contributed by atoms with Gasteiger partial charge in [-0.15, -0.1) is 0 Å². The maximum absolute atomic E-state index is 5.35. The Kier molecular flexibility index (Phi) is 3.13. The van der Waals surface area contributed by atoms with Crippen molar-refractivity contribution in [3.63, 3.8) is 0 Å². The lowest BCUT2D eigenvalue weighted by Gasteiger charge is -2.28. The molecule has 4 heteroatoms. The van der Waals surface area contributed by atoms with E-state index in [2.05, 4.69) is 40.5 Å². The van der Waals surface area contributed by atoms with Gasteiger partial charge in [-0.25, -0.2) is 5.01 Å². The van der Waals surface area contributed by atoms with Gasteiger partial charge in [-0.05, 0) is 24.6 Å². The van der Waals surface area contributed by atoms with E-state index in [1.54, 1.807) is 0 Å². The van der Waals surface area contributed by atoms with Crippen LogP contribution in [0.15, 0.2) is 30.5 Å². The Labute approximate surface area is 107 Å². The largest absolute Gasteiger partial charge is 0.379 e. The molecule has 1 aromatic carbocycles. The molecule has 2 aromatic rings. The predicted octanol–water partition coefficient (Wildman–Crippen LogP) is 2.20. The Morgan fingerprint density at radius 2 is 2.06 bits per heavy atom. The number of anilines is 1. The highest BCUT2D eigenvalue weighted by atomic mass is 16.5. The number of aromatic nitrogens is 1. The van der Waals surface area contributed by atoms with Crippen LogP contribution in [0.4, 0.5) is 5.69 Å². The fourth-order valence-corrected chi connectivity index (χ4v) is 2.20. The van der Waals surface area contributed by atoms with Crippen LogP contribution in [0.5, 0.6) is 0 Å². The third kappa shape index (κ3) is 2.30. The first-order chi connectivity index (χ1) is 8.83. The van der Waals surface area contributed by atoms with Gasteiger partial charge in [0.05, 0.1) is 24.4 Å². The second-order valence-corrected chi connectivity index (χ2v) is 4.59. The van der Waals surface area contributed by atoms with Gasteiger partial charge in [0.25, 0.3) is 0 Å². The average molecular weight is 243 g/mol. The normalized spacial score (nSPS) is 16.9. The Morgan fingerprint density at radius 1 is 1.22 bits per heavy atom. The molecule has 1 N–H and O–H groups in total. The quantitative estimate of drug-likeness (QED) is 0.877. The number of hydrogen-bond acceptors (Lipinski definition) is 4. The van der Waals surface area contributed by atoms with Crippen LogP contribution in [-0.4, -0.2) is 36.3 Å². The van der Waals surface area contributed by atoms with Crippen molar-refractivity contribution in [1.82, 2.24) is 9.99 Å². The molecule has 0 spiro atoms. The summed E-state index contributed by atoms with van der Waals surface area (Å²) >= 11 is 0. The van der Waals surface area contributed by atoms with E-state index in [1.807, 2.05) is 12.3 Å². The first kappa shape index (κ1) is 11.4. The summed E-state index contributed by atoms with van der Waals surface area (Å²) in [7, 11) is 0. The molecule has 0 bridgehead atoms. The monoisotopic (exact) mass is 243 g/mol. The van der Waals surface area contributed by atoms with Crippen LogP contribution in [0.3, 0.4) is 0 Å². The molecule has 2 heterocycles. The van der Waals surface area contributed by atoms with Crippen molar-refractivity contribution in [3.8, 4) is 0 Å². The summed E-state index contributed by atoms with van der Waals surface area (Å²) in [6, 6.07) is 8.38. The number of fused-ring (bicyclic) bond motifs is 1. The van der Waals surface area contributed by atoms with E-state index in [4.69, 9.17) is 4.74 Å². The summed E-state index contributed by atoms with van der Waals surface area (Å²) in [5, 5.41) is 3.35. The second kappa shape index (κ2) is 4.92. The van der Waals surface area contributed by atoms with Gasteiger partial charge in [-0.2, -0.15) is 0 Å². The van der Waals surface area contributed by atoms with Crippen LogP contribution in [0.1, 0.15) is 5.56 Å². The molecule has 0 saturated carbocycles. The fraction of sp³-hybridized carbons (Fsp3) is 0.357. The number of nitrogens with one attached hydrogen (secondary N) is 1. The number of benzene rings is 1. The summed E-state index contributed by atoms with van der Waals surface area (Å²) < 4.78 is 5.35. The molecular formula is C14H17N3O. The Balaban J connectivity index is 1.91. The van der Waals surface area contributed by atoms with Gasteiger partial charge in [0.2, 0.25) is 0 Å². The molecule has 1 fully saturated rings. The van der Waals surface area contributed by atoms with Gasteiger partial charge < -0.3 is 10.2 Å². The minimum absolute atomic E-state index is 0.787. The van der Waals surface area contributed by atoms with Gasteiger partial charge in [0, 0.05) is 24.7 Å². The second-order valence-electron chi connectivity index (χ2n) is 4.59. The lowest BCUT2D eigenvalue weighted by atomic mass is 10.1. The number of rotatable bonds is 2. The first-order valence-corrected chi connectivity index (χ1v) is 6.28. The minimum Gasteiger partial charge on any atom is -0.379 e. The van der Waals surface area contributed by atoms with Crippen molar-refractivity contribution >= 4 is 16.6 Å². The third-order valence-electron chi connectivity index (χ3n) is 3.19. The Bertz CT molecular complexity index is 550. The predicted molar refractivity (Wildman–Crippen MR) is 72.5 cm³/mol. The molecule has 0 radical (unpaired) electrons. The Hall–Kier alpha value is -1.65. The molecular weight excluding hydrogens is 226 g/mol. The molecule has 0 unspecified atom stereocenters. The minimum atomic E-state index is 0.787. The number of morpholine rings is 1. The summed E-state index contributed by atoms with van der Waals surface area (Å²) in [5.41, 5.74) is 6.84. The van der Waals surface area contributed by atoms with Crippen LogP contribution in [0, 0.1) is 6.92 Å². The standard InChI is InChI=1S/C14H17N3O/c1-11-2-3-12-13(4-5-15-14(12)10-11)16-17-6-8-18-9-7-17/h2-5,10H,6-9H2,1H3,(H,15,16). The van der Waals surface area contributed by atoms with Crippen LogP contribution < -0.4 is 5.43 Å². The average Bonchev–Trinajstić information content (AvgIpc) is 2.40. The molecule has 1 aliphatic rings. The molecule has 1 aromatic heterocycles. The lowest BCUT2D eigenvalue weighted by Crippen LogP contribution is -2.40. The molecule has 18 heavy (non-hydrogen) atoms. The van der Waals surface area contributed by atoms with Gasteiger partial charge in [-0.3, -0.25) is 4.98 Å². The van der Waals surface area contributed by atoms with Crippen molar-refractivity contribution in [1.29, 1.82) is 0 Å². The van der Waals surface area contributed by atoms with E-state index < -0.39 is 0 Å². The molecule has 94 valence electrons. The molecule has 4 nitrogen and oxygen atoms in total. The molecule has 3 rings (SSSR count). The number of pyridine rings is 1. The van der Waals surface area contributed by atoms with E-state index in [9.17, 15) is 0 Å². The number of ether oxygens (including phenoxy) is 1. The lowest BCUT2D eigenvalue weighted by molar-refractivity contribution is 0.0497. The van der Waals surface area contributed by atoms with Crippen molar-refractivity contribution in [3.05, 3.63) is 36.0 Å². The maximum Gasteiger partial charge on any atom is 0.0725 e. The van der Waals surface area contributed by atoms with Gasteiger partial charge in [-0.1, -0.05) is 12.1 Å². The number of hydrazine groups is 1. The molecule has 0 atom stereocenters. The van der Waals surface area contributed by atoms with Gasteiger partial charge in [0.1, 0.15) is 0 Å². The van der Waals surface area contributed by atoms with E-state index >= 15 is 0 Å². The highest BCUT2D eigenvalue weighted by Gasteiger charge is 2.11. The van der Waals surface area contributed by atoms with E-state index in [-0.39, 0.29) is 0 Å². The van der Waals surface area contributed by atoms with Crippen LogP contribution in [0.2, 0.25) is 0 Å². The summed E-state index contributed by atoms with van der Waals surface area (Å²) in [6.07, 6.45) is 1.85. The van der Waals surface area contributed by atoms with E-state index in [0.717, 1.165) is 42.9 Å². The molecule has 0 amide bonds. The van der Waals surface area contributed by atoms with E-state index in [1.165, 1.54) is 5.56 Å². The van der Waals surface area contributed by atoms with Crippen molar-refractivity contribution < 1.29 is 4.74 Å². The van der Waals surface area contributed by atoms with Crippen molar-refractivity contribution in [2.45, 2.75) is 6.92 Å². The fourth-order valence-electron chi connectivity index (χ4n) is 2.20. The zero-order valence-electron chi connectivity index (χ0n) is 10.5. The summed E-state index contributed by atoms with van der Waals surface area (Å²) in [6.45, 7) is 5.48. The summed E-state index contributed by atoms with van der Waals surface area (Å²) in [5.74, 6) is 0. The van der Waals surface area contributed by atoms with Crippen LogP contribution >= 0.6 is 0 Å². The van der Waals surface area contributed by atoms with Gasteiger partial charge >= 0.3 is 0 Å². The van der Waals surface area contributed by atoms with Gasteiger partial charge in [0.15, 0.2) is 0 Å². The smallest absolute Gasteiger partial charge is 0.0725 e.